The van der Waals surface area contributed by atoms with Crippen LogP contribution >= 0.6 is 0 Å². The SMILES string of the molecule is CC#CCCC(NCC)c1cc(C)c(F)cc1F. The molecule has 0 fully saturated rings. The molecule has 0 bridgehead atoms. The molecule has 1 atom stereocenters. The third-order valence-electron chi connectivity index (χ3n) is 2.84. The van der Waals surface area contributed by atoms with E-state index < -0.39 is 11.6 Å². The lowest BCUT2D eigenvalue weighted by Gasteiger charge is -2.18. The smallest absolute Gasteiger partial charge is 0.130 e. The lowest BCUT2D eigenvalue weighted by atomic mass is 9.99. The zero-order valence-corrected chi connectivity index (χ0v) is 11.1. The molecule has 0 saturated heterocycles. The summed E-state index contributed by atoms with van der Waals surface area (Å²) in [5.74, 6) is 4.79. The highest BCUT2D eigenvalue weighted by molar-refractivity contribution is 5.28. The van der Waals surface area contributed by atoms with Crippen molar-refractivity contribution in [3.05, 3.63) is 34.9 Å². The molecule has 0 aliphatic carbocycles. The number of nitrogens with one attached hydrogen (secondary N) is 1. The maximum Gasteiger partial charge on any atom is 0.130 e. The number of rotatable bonds is 5. The lowest BCUT2D eigenvalue weighted by molar-refractivity contribution is 0.483. The van der Waals surface area contributed by atoms with Gasteiger partial charge >= 0.3 is 0 Å². The van der Waals surface area contributed by atoms with Crippen molar-refractivity contribution in [3.63, 3.8) is 0 Å². The quantitative estimate of drug-likeness (QED) is 0.786. The summed E-state index contributed by atoms with van der Waals surface area (Å²) < 4.78 is 27.0. The van der Waals surface area contributed by atoms with Gasteiger partial charge in [0.05, 0.1) is 0 Å². The molecule has 0 spiro atoms. The summed E-state index contributed by atoms with van der Waals surface area (Å²) in [6.07, 6.45) is 1.42. The summed E-state index contributed by atoms with van der Waals surface area (Å²) in [5, 5.41) is 3.22. The van der Waals surface area contributed by atoms with Gasteiger partial charge in [0.25, 0.3) is 0 Å². The van der Waals surface area contributed by atoms with Crippen LogP contribution in [0, 0.1) is 30.4 Å². The fourth-order valence-electron chi connectivity index (χ4n) is 1.90. The monoisotopic (exact) mass is 251 g/mol. The summed E-state index contributed by atoms with van der Waals surface area (Å²) in [7, 11) is 0. The molecule has 0 aromatic heterocycles. The predicted molar refractivity (Wildman–Crippen MR) is 70.2 cm³/mol. The minimum absolute atomic E-state index is 0.116. The normalized spacial score (nSPS) is 11.8. The third kappa shape index (κ3) is 3.82. The summed E-state index contributed by atoms with van der Waals surface area (Å²) in [4.78, 5) is 0. The standard InChI is InChI=1S/C15H19F2N/c1-4-6-7-8-15(18-5-2)12-9-11(3)13(16)10-14(12)17/h9-10,15,18H,5,7-8H2,1-3H3. The Bertz CT molecular complexity index is 458. The second kappa shape index (κ2) is 7.13. The Morgan fingerprint density at radius 2 is 2.00 bits per heavy atom. The first-order valence-corrected chi connectivity index (χ1v) is 6.18. The Hall–Kier alpha value is -1.40. The first-order chi connectivity index (χ1) is 8.60. The van der Waals surface area contributed by atoms with Crippen molar-refractivity contribution in [2.75, 3.05) is 6.54 Å². The van der Waals surface area contributed by atoms with Crippen LogP contribution in [-0.4, -0.2) is 6.54 Å². The van der Waals surface area contributed by atoms with E-state index in [-0.39, 0.29) is 6.04 Å². The van der Waals surface area contributed by atoms with Gasteiger partial charge in [0.15, 0.2) is 0 Å². The molecule has 18 heavy (non-hydrogen) atoms. The van der Waals surface area contributed by atoms with Crippen molar-refractivity contribution in [1.29, 1.82) is 0 Å². The van der Waals surface area contributed by atoms with E-state index in [1.54, 1.807) is 19.9 Å². The first-order valence-electron chi connectivity index (χ1n) is 6.18. The second-order valence-corrected chi connectivity index (χ2v) is 4.20. The second-order valence-electron chi connectivity index (χ2n) is 4.20. The van der Waals surface area contributed by atoms with Gasteiger partial charge in [-0.15, -0.1) is 11.8 Å². The molecule has 1 rings (SSSR count). The van der Waals surface area contributed by atoms with Crippen molar-refractivity contribution >= 4 is 0 Å². The molecule has 0 aliphatic rings. The van der Waals surface area contributed by atoms with Gasteiger partial charge in [-0.1, -0.05) is 6.92 Å². The molecule has 0 saturated carbocycles. The van der Waals surface area contributed by atoms with Crippen LogP contribution in [-0.2, 0) is 0 Å². The van der Waals surface area contributed by atoms with Gasteiger partial charge in [-0.05, 0) is 38.4 Å². The van der Waals surface area contributed by atoms with E-state index in [4.69, 9.17) is 0 Å². The first kappa shape index (κ1) is 14.7. The van der Waals surface area contributed by atoms with E-state index >= 15 is 0 Å². The summed E-state index contributed by atoms with van der Waals surface area (Å²) in [6, 6.07) is 2.42. The van der Waals surface area contributed by atoms with E-state index in [9.17, 15) is 8.78 Å². The van der Waals surface area contributed by atoms with Crippen LogP contribution in [0.15, 0.2) is 12.1 Å². The highest BCUT2D eigenvalue weighted by Crippen LogP contribution is 2.24. The number of hydrogen-bond acceptors (Lipinski definition) is 1. The fourth-order valence-corrected chi connectivity index (χ4v) is 1.90. The van der Waals surface area contributed by atoms with Crippen LogP contribution < -0.4 is 5.32 Å². The molecule has 1 N–H and O–H groups in total. The molecular weight excluding hydrogens is 232 g/mol. The van der Waals surface area contributed by atoms with Crippen molar-refractivity contribution in [2.24, 2.45) is 0 Å². The topological polar surface area (TPSA) is 12.0 Å². The molecule has 98 valence electrons. The maximum atomic E-state index is 13.8. The van der Waals surface area contributed by atoms with E-state index in [1.807, 2.05) is 6.92 Å². The Morgan fingerprint density at radius 3 is 2.61 bits per heavy atom. The molecule has 0 radical (unpaired) electrons. The van der Waals surface area contributed by atoms with Gasteiger partial charge in [-0.2, -0.15) is 0 Å². The molecule has 1 unspecified atom stereocenters. The van der Waals surface area contributed by atoms with Crippen LogP contribution in [0.4, 0.5) is 8.78 Å². The van der Waals surface area contributed by atoms with E-state index in [1.165, 1.54) is 0 Å². The Balaban J connectivity index is 2.96. The zero-order chi connectivity index (χ0) is 13.5. The third-order valence-corrected chi connectivity index (χ3v) is 2.84. The molecule has 3 heteroatoms. The zero-order valence-electron chi connectivity index (χ0n) is 11.1. The summed E-state index contributed by atoms with van der Waals surface area (Å²) in [6.45, 7) is 6.13. The molecule has 0 amide bonds. The van der Waals surface area contributed by atoms with Gasteiger partial charge in [-0.3, -0.25) is 0 Å². The van der Waals surface area contributed by atoms with Crippen molar-refractivity contribution in [3.8, 4) is 11.8 Å². The fraction of sp³-hybridized carbons (Fsp3) is 0.467. The summed E-state index contributed by atoms with van der Waals surface area (Å²) >= 11 is 0. The molecule has 0 heterocycles. The van der Waals surface area contributed by atoms with Crippen LogP contribution in [0.3, 0.4) is 0 Å². The number of aryl methyl sites for hydroxylation is 1. The van der Waals surface area contributed by atoms with Crippen LogP contribution in [0.2, 0.25) is 0 Å². The van der Waals surface area contributed by atoms with E-state index in [2.05, 4.69) is 17.2 Å². The highest BCUT2D eigenvalue weighted by Gasteiger charge is 2.16. The Morgan fingerprint density at radius 1 is 1.28 bits per heavy atom. The van der Waals surface area contributed by atoms with Gasteiger partial charge in [0.2, 0.25) is 0 Å². The lowest BCUT2D eigenvalue weighted by Crippen LogP contribution is -2.22. The minimum Gasteiger partial charge on any atom is -0.310 e. The Labute approximate surface area is 108 Å². The average Bonchev–Trinajstić information content (AvgIpc) is 2.33. The van der Waals surface area contributed by atoms with Crippen LogP contribution in [0.25, 0.3) is 0 Å². The Kier molecular flexibility index (Phi) is 5.80. The predicted octanol–water partition coefficient (Wildman–Crippen LogP) is 3.73. The van der Waals surface area contributed by atoms with Gasteiger partial charge in [0.1, 0.15) is 11.6 Å². The van der Waals surface area contributed by atoms with Crippen LogP contribution in [0.1, 0.15) is 43.9 Å². The number of halogens is 2. The molecule has 1 aromatic rings. The van der Waals surface area contributed by atoms with Crippen LogP contribution in [0.5, 0.6) is 0 Å². The maximum absolute atomic E-state index is 13.8. The van der Waals surface area contributed by atoms with Crippen molar-refractivity contribution in [2.45, 2.75) is 39.7 Å². The van der Waals surface area contributed by atoms with E-state index in [0.717, 1.165) is 19.0 Å². The minimum atomic E-state index is -0.500. The highest BCUT2D eigenvalue weighted by atomic mass is 19.1. The van der Waals surface area contributed by atoms with Gasteiger partial charge in [0, 0.05) is 24.1 Å². The number of benzene rings is 1. The molecule has 0 aliphatic heterocycles. The van der Waals surface area contributed by atoms with Crippen molar-refractivity contribution in [1.82, 2.24) is 5.32 Å². The number of hydrogen-bond donors (Lipinski definition) is 1. The van der Waals surface area contributed by atoms with Crippen molar-refractivity contribution < 1.29 is 8.78 Å². The summed E-state index contributed by atoms with van der Waals surface area (Å²) in [5.41, 5.74) is 0.990. The molecule has 1 aromatic carbocycles. The average molecular weight is 251 g/mol. The van der Waals surface area contributed by atoms with Gasteiger partial charge in [-0.25, -0.2) is 8.78 Å². The molecular formula is C15H19F2N. The van der Waals surface area contributed by atoms with E-state index in [0.29, 0.717) is 17.5 Å². The largest absolute Gasteiger partial charge is 0.310 e. The van der Waals surface area contributed by atoms with Gasteiger partial charge < -0.3 is 5.32 Å². The molecule has 1 nitrogen and oxygen atoms in total.